The first-order chi connectivity index (χ1) is 16.3. The molecule has 0 aromatic heterocycles. The van der Waals surface area contributed by atoms with Crippen LogP contribution in [0.2, 0.25) is 0 Å². The van der Waals surface area contributed by atoms with Crippen LogP contribution < -0.4 is 0 Å². The highest BCUT2D eigenvalue weighted by Gasteiger charge is 2.35. The minimum Gasteiger partial charge on any atom is -0.332 e. The molecule has 7 heteroatoms. The fourth-order valence-corrected chi connectivity index (χ4v) is 4.28. The van der Waals surface area contributed by atoms with Crippen LogP contribution in [-0.4, -0.2) is 40.7 Å². The molecular formula is C27H25F3N2O2. The van der Waals surface area contributed by atoms with Gasteiger partial charge >= 0.3 is 6.18 Å². The van der Waals surface area contributed by atoms with E-state index in [9.17, 15) is 22.8 Å². The van der Waals surface area contributed by atoms with Gasteiger partial charge in [0.15, 0.2) is 0 Å². The summed E-state index contributed by atoms with van der Waals surface area (Å²) in [4.78, 5) is 29.3. The molecule has 4 nitrogen and oxygen atoms in total. The third kappa shape index (κ3) is 5.65. The molecule has 3 aromatic rings. The molecule has 1 fully saturated rings. The van der Waals surface area contributed by atoms with Gasteiger partial charge in [-0.15, -0.1) is 0 Å². The summed E-state index contributed by atoms with van der Waals surface area (Å²) in [5.41, 5.74) is 1.27. The summed E-state index contributed by atoms with van der Waals surface area (Å²) in [6.45, 7) is 0.287. The van der Waals surface area contributed by atoms with E-state index in [1.165, 1.54) is 11.0 Å². The molecule has 1 heterocycles. The van der Waals surface area contributed by atoms with Crippen LogP contribution in [0, 0.1) is 0 Å². The van der Waals surface area contributed by atoms with Crippen LogP contribution in [0.3, 0.4) is 0 Å². The zero-order valence-corrected chi connectivity index (χ0v) is 18.5. The van der Waals surface area contributed by atoms with Crippen molar-refractivity contribution in [1.29, 1.82) is 0 Å². The molecule has 1 saturated heterocycles. The predicted octanol–water partition coefficient (Wildman–Crippen LogP) is 5.19. The van der Waals surface area contributed by atoms with Crippen LogP contribution in [-0.2, 0) is 23.9 Å². The second-order valence-electron chi connectivity index (χ2n) is 8.45. The summed E-state index contributed by atoms with van der Waals surface area (Å²) >= 11 is 0. The summed E-state index contributed by atoms with van der Waals surface area (Å²) in [5, 5.41) is 0. The van der Waals surface area contributed by atoms with E-state index in [0.29, 0.717) is 30.5 Å². The largest absolute Gasteiger partial charge is 0.416 e. The van der Waals surface area contributed by atoms with Crippen molar-refractivity contribution in [1.82, 2.24) is 9.80 Å². The SMILES string of the molecule is O=C(c1ccccc1)N1CC(=O)N(Cc2cccc(C(F)(F)F)c2)[C@@H](CCc2ccccc2)C1. The number of carbonyl (C=O) groups excluding carboxylic acids is 2. The Bertz CT molecular complexity index is 1130. The molecule has 0 unspecified atom stereocenters. The van der Waals surface area contributed by atoms with E-state index in [1.807, 2.05) is 36.4 Å². The van der Waals surface area contributed by atoms with E-state index in [-0.39, 0.29) is 30.9 Å². The van der Waals surface area contributed by atoms with Crippen LogP contribution >= 0.6 is 0 Å². The molecule has 2 amide bonds. The van der Waals surface area contributed by atoms with Crippen LogP contribution in [0.5, 0.6) is 0 Å². The molecule has 0 bridgehead atoms. The van der Waals surface area contributed by atoms with E-state index in [4.69, 9.17) is 0 Å². The Morgan fingerprint density at radius 2 is 1.53 bits per heavy atom. The van der Waals surface area contributed by atoms with E-state index in [2.05, 4.69) is 0 Å². The number of nitrogens with zero attached hydrogens (tertiary/aromatic N) is 2. The molecule has 1 aliphatic rings. The number of hydrogen-bond acceptors (Lipinski definition) is 2. The second-order valence-corrected chi connectivity index (χ2v) is 8.45. The molecule has 1 atom stereocenters. The minimum absolute atomic E-state index is 0.0651. The lowest BCUT2D eigenvalue weighted by molar-refractivity contribution is -0.139. The van der Waals surface area contributed by atoms with Crippen LogP contribution in [0.15, 0.2) is 84.9 Å². The number of halogens is 3. The van der Waals surface area contributed by atoms with Gasteiger partial charge in [0.05, 0.1) is 11.6 Å². The van der Waals surface area contributed by atoms with Gasteiger partial charge in [0.1, 0.15) is 6.54 Å². The van der Waals surface area contributed by atoms with Gasteiger partial charge < -0.3 is 9.80 Å². The number of hydrogen-bond donors (Lipinski definition) is 0. The van der Waals surface area contributed by atoms with Gasteiger partial charge in [-0.05, 0) is 48.2 Å². The molecule has 0 aliphatic carbocycles. The lowest BCUT2D eigenvalue weighted by Crippen LogP contribution is -2.57. The Balaban J connectivity index is 1.56. The summed E-state index contributed by atoms with van der Waals surface area (Å²) in [7, 11) is 0. The molecule has 0 saturated carbocycles. The van der Waals surface area contributed by atoms with Crippen LogP contribution in [0.1, 0.15) is 33.5 Å². The van der Waals surface area contributed by atoms with Crippen molar-refractivity contribution in [3.05, 3.63) is 107 Å². The third-order valence-electron chi connectivity index (χ3n) is 6.04. The normalized spacial score (nSPS) is 16.6. The highest BCUT2D eigenvalue weighted by Crippen LogP contribution is 2.30. The van der Waals surface area contributed by atoms with Gasteiger partial charge in [-0.3, -0.25) is 9.59 Å². The van der Waals surface area contributed by atoms with E-state index in [1.54, 1.807) is 35.2 Å². The second kappa shape index (κ2) is 10.1. The van der Waals surface area contributed by atoms with Gasteiger partial charge in [0.2, 0.25) is 5.91 Å². The first kappa shape index (κ1) is 23.5. The zero-order valence-electron chi connectivity index (χ0n) is 18.5. The smallest absolute Gasteiger partial charge is 0.332 e. The molecule has 3 aromatic carbocycles. The standard InChI is InChI=1S/C27H25F3N2O2/c28-27(29,30)23-13-7-10-21(16-23)17-32-24(15-14-20-8-3-1-4-9-20)18-31(19-25(32)33)26(34)22-11-5-2-6-12-22/h1-13,16,24H,14-15,17-19H2/t24-/m0/s1. The Hall–Kier alpha value is -3.61. The number of rotatable bonds is 6. The maximum atomic E-state index is 13.2. The van der Waals surface area contributed by atoms with Crippen molar-refractivity contribution in [2.24, 2.45) is 0 Å². The monoisotopic (exact) mass is 466 g/mol. The number of aryl methyl sites for hydroxylation is 1. The predicted molar refractivity (Wildman–Crippen MR) is 123 cm³/mol. The quantitative estimate of drug-likeness (QED) is 0.502. The third-order valence-corrected chi connectivity index (χ3v) is 6.04. The minimum atomic E-state index is -4.45. The number of benzene rings is 3. The molecule has 176 valence electrons. The number of piperazine rings is 1. The topological polar surface area (TPSA) is 40.6 Å². The number of alkyl halides is 3. The maximum absolute atomic E-state index is 13.2. The van der Waals surface area contributed by atoms with Crippen molar-refractivity contribution in [3.63, 3.8) is 0 Å². The molecule has 0 spiro atoms. The van der Waals surface area contributed by atoms with Crippen molar-refractivity contribution >= 4 is 11.8 Å². The Kier molecular flexibility index (Phi) is 7.01. The van der Waals surface area contributed by atoms with Crippen molar-refractivity contribution in [3.8, 4) is 0 Å². The lowest BCUT2D eigenvalue weighted by atomic mass is 10.00. The average Bonchev–Trinajstić information content (AvgIpc) is 2.84. The summed E-state index contributed by atoms with van der Waals surface area (Å²) < 4.78 is 39.6. The van der Waals surface area contributed by atoms with Crippen molar-refractivity contribution in [2.45, 2.75) is 31.6 Å². The molecule has 1 aliphatic heterocycles. The average molecular weight is 467 g/mol. The zero-order chi connectivity index (χ0) is 24.1. The van der Waals surface area contributed by atoms with Gasteiger partial charge in [-0.1, -0.05) is 60.7 Å². The Labute approximate surface area is 196 Å². The van der Waals surface area contributed by atoms with Crippen molar-refractivity contribution in [2.75, 3.05) is 13.1 Å². The first-order valence-corrected chi connectivity index (χ1v) is 11.1. The van der Waals surface area contributed by atoms with Crippen LogP contribution in [0.25, 0.3) is 0 Å². The number of amides is 2. The highest BCUT2D eigenvalue weighted by molar-refractivity contribution is 5.97. The van der Waals surface area contributed by atoms with Gasteiger partial charge in [0.25, 0.3) is 5.91 Å². The van der Waals surface area contributed by atoms with Gasteiger partial charge in [-0.25, -0.2) is 0 Å². The van der Waals surface area contributed by atoms with E-state index >= 15 is 0 Å². The summed E-state index contributed by atoms with van der Waals surface area (Å²) in [6.07, 6.45) is -3.17. The first-order valence-electron chi connectivity index (χ1n) is 11.1. The summed E-state index contributed by atoms with van der Waals surface area (Å²) in [6, 6.07) is 23.3. The van der Waals surface area contributed by atoms with Crippen LogP contribution in [0.4, 0.5) is 13.2 Å². The summed E-state index contributed by atoms with van der Waals surface area (Å²) in [5.74, 6) is -0.497. The number of carbonyl (C=O) groups is 2. The van der Waals surface area contributed by atoms with Gasteiger partial charge in [0, 0.05) is 18.7 Å². The Morgan fingerprint density at radius 1 is 0.882 bits per heavy atom. The molecule has 34 heavy (non-hydrogen) atoms. The van der Waals surface area contributed by atoms with E-state index in [0.717, 1.165) is 17.7 Å². The molecule has 0 radical (unpaired) electrons. The highest BCUT2D eigenvalue weighted by atomic mass is 19.4. The van der Waals surface area contributed by atoms with Crippen molar-refractivity contribution < 1.29 is 22.8 Å². The lowest BCUT2D eigenvalue weighted by Gasteiger charge is -2.41. The maximum Gasteiger partial charge on any atom is 0.416 e. The van der Waals surface area contributed by atoms with Gasteiger partial charge in [-0.2, -0.15) is 13.2 Å². The fourth-order valence-electron chi connectivity index (χ4n) is 4.28. The Morgan fingerprint density at radius 3 is 2.21 bits per heavy atom. The molecule has 0 N–H and O–H groups in total. The molecular weight excluding hydrogens is 441 g/mol. The van der Waals surface area contributed by atoms with E-state index < -0.39 is 11.7 Å². The molecule has 4 rings (SSSR count). The fraction of sp³-hybridized carbons (Fsp3) is 0.259.